The van der Waals surface area contributed by atoms with E-state index in [1.54, 1.807) is 0 Å². The monoisotopic (exact) mass is 341 g/mol. The van der Waals surface area contributed by atoms with Gasteiger partial charge < -0.3 is 9.64 Å². The van der Waals surface area contributed by atoms with Gasteiger partial charge in [-0.05, 0) is 51.3 Å². The number of morpholine rings is 1. The Morgan fingerprint density at radius 3 is 2.72 bits per heavy atom. The Bertz CT molecular complexity index is 672. The molecule has 1 atom stereocenters. The normalized spacial score (nSPS) is 23.9. The van der Waals surface area contributed by atoms with Crippen molar-refractivity contribution in [2.75, 3.05) is 19.6 Å². The van der Waals surface area contributed by atoms with E-state index in [-0.39, 0.29) is 23.7 Å². The van der Waals surface area contributed by atoms with E-state index in [0.29, 0.717) is 12.1 Å². The predicted molar refractivity (Wildman–Crippen MR) is 95.8 cm³/mol. The Morgan fingerprint density at radius 2 is 2.08 bits per heavy atom. The van der Waals surface area contributed by atoms with E-state index in [2.05, 4.69) is 30.9 Å². The van der Waals surface area contributed by atoms with Crippen LogP contribution in [0.2, 0.25) is 0 Å². The topological polar surface area (TPSA) is 56.6 Å². The lowest BCUT2D eigenvalue weighted by molar-refractivity contribution is -0.193. The number of carbonyl (C=O) groups excluding carboxylic acids is 1. The first kappa shape index (κ1) is 17.9. The van der Waals surface area contributed by atoms with Crippen molar-refractivity contribution in [3.8, 4) is 6.07 Å². The molecule has 5 nitrogen and oxygen atoms in total. The highest BCUT2D eigenvalue weighted by Gasteiger charge is 2.45. The lowest BCUT2D eigenvalue weighted by atomic mass is 9.87. The summed E-state index contributed by atoms with van der Waals surface area (Å²) in [7, 11) is 0. The first-order chi connectivity index (χ1) is 11.9. The molecule has 0 N–H and O–H groups in total. The van der Waals surface area contributed by atoms with Gasteiger partial charge in [0.25, 0.3) is 5.91 Å². The number of likely N-dealkylation sites (tertiary alicyclic amines) is 1. The fourth-order valence-corrected chi connectivity index (χ4v) is 3.91. The number of nitrogens with zero attached hydrogens (tertiary/aromatic N) is 3. The number of nitriles is 1. The molecule has 134 valence electrons. The minimum absolute atomic E-state index is 0.108. The zero-order valence-corrected chi connectivity index (χ0v) is 15.4. The summed E-state index contributed by atoms with van der Waals surface area (Å²) >= 11 is 0. The Morgan fingerprint density at radius 1 is 1.36 bits per heavy atom. The number of benzene rings is 1. The molecule has 1 aromatic rings. The van der Waals surface area contributed by atoms with E-state index < -0.39 is 0 Å². The third kappa shape index (κ3) is 3.86. The highest BCUT2D eigenvalue weighted by molar-refractivity contribution is 5.81. The van der Waals surface area contributed by atoms with E-state index in [4.69, 9.17) is 10.00 Å². The zero-order chi connectivity index (χ0) is 18.0. The number of hydrogen-bond donors (Lipinski definition) is 0. The first-order valence-corrected chi connectivity index (χ1v) is 9.12. The summed E-state index contributed by atoms with van der Waals surface area (Å²) in [5, 5.41) is 9.04. The van der Waals surface area contributed by atoms with Crippen LogP contribution in [0.15, 0.2) is 24.3 Å². The highest BCUT2D eigenvalue weighted by atomic mass is 16.5. The van der Waals surface area contributed by atoms with Crippen LogP contribution in [0.4, 0.5) is 0 Å². The van der Waals surface area contributed by atoms with Crippen molar-refractivity contribution in [1.82, 2.24) is 9.80 Å². The first-order valence-electron chi connectivity index (χ1n) is 9.12. The van der Waals surface area contributed by atoms with Crippen molar-refractivity contribution < 1.29 is 9.53 Å². The largest absolute Gasteiger partial charge is 0.360 e. The minimum Gasteiger partial charge on any atom is -0.360 e. The second-order valence-corrected chi connectivity index (χ2v) is 7.59. The highest BCUT2D eigenvalue weighted by Crippen LogP contribution is 2.34. The van der Waals surface area contributed by atoms with E-state index in [0.717, 1.165) is 32.5 Å². The fourth-order valence-electron chi connectivity index (χ4n) is 3.91. The summed E-state index contributed by atoms with van der Waals surface area (Å²) in [5.74, 6) is 0.108. The molecule has 0 aliphatic carbocycles. The van der Waals surface area contributed by atoms with Crippen LogP contribution in [0.3, 0.4) is 0 Å². The Balaban J connectivity index is 1.63. The quantitative estimate of drug-likeness (QED) is 0.848. The van der Waals surface area contributed by atoms with Gasteiger partial charge in [0.15, 0.2) is 0 Å². The van der Waals surface area contributed by atoms with Crippen LogP contribution in [-0.4, -0.2) is 53.1 Å². The molecule has 0 radical (unpaired) electrons. The molecule has 1 amide bonds. The lowest BCUT2D eigenvalue weighted by Crippen LogP contribution is -2.62. The van der Waals surface area contributed by atoms with Gasteiger partial charge in [0.1, 0.15) is 6.10 Å². The summed E-state index contributed by atoms with van der Waals surface area (Å²) in [6, 6.07) is 10.2. The average molecular weight is 341 g/mol. The molecule has 5 heteroatoms. The van der Waals surface area contributed by atoms with Gasteiger partial charge in [-0.2, -0.15) is 5.26 Å². The Hall–Kier alpha value is -1.90. The number of carbonyl (C=O) groups is 1. The zero-order valence-electron chi connectivity index (χ0n) is 15.4. The molecule has 0 aromatic heterocycles. The van der Waals surface area contributed by atoms with E-state index in [1.165, 1.54) is 5.56 Å². The number of amides is 1. The average Bonchev–Trinajstić information content (AvgIpc) is 2.60. The van der Waals surface area contributed by atoms with Crippen molar-refractivity contribution in [2.45, 2.75) is 57.9 Å². The van der Waals surface area contributed by atoms with Crippen LogP contribution < -0.4 is 0 Å². The predicted octanol–water partition coefficient (Wildman–Crippen LogP) is 2.55. The van der Waals surface area contributed by atoms with Crippen molar-refractivity contribution in [3.63, 3.8) is 0 Å². The fraction of sp³-hybridized carbons (Fsp3) is 0.600. The maximum Gasteiger partial charge on any atom is 0.251 e. The number of ether oxygens (including phenoxy) is 1. The number of rotatable bonds is 3. The molecule has 2 aliphatic heterocycles. The Labute approximate surface area is 150 Å². The molecule has 2 saturated heterocycles. The van der Waals surface area contributed by atoms with Crippen molar-refractivity contribution >= 4 is 5.91 Å². The maximum atomic E-state index is 12.3. The smallest absolute Gasteiger partial charge is 0.251 e. The second-order valence-electron chi connectivity index (χ2n) is 7.59. The summed E-state index contributed by atoms with van der Waals surface area (Å²) in [5.41, 5.74) is 1.68. The van der Waals surface area contributed by atoms with Gasteiger partial charge in [0, 0.05) is 25.7 Å². The van der Waals surface area contributed by atoms with Crippen LogP contribution in [0.25, 0.3) is 0 Å². The van der Waals surface area contributed by atoms with Crippen molar-refractivity contribution in [2.24, 2.45) is 0 Å². The lowest BCUT2D eigenvalue weighted by Gasteiger charge is -2.50. The van der Waals surface area contributed by atoms with E-state index >= 15 is 0 Å². The Kier molecular flexibility index (Phi) is 5.12. The molecule has 2 fully saturated rings. The van der Waals surface area contributed by atoms with Crippen LogP contribution >= 0.6 is 0 Å². The molecular weight excluding hydrogens is 314 g/mol. The number of hydrogen-bond acceptors (Lipinski definition) is 4. The summed E-state index contributed by atoms with van der Waals surface area (Å²) in [4.78, 5) is 16.7. The van der Waals surface area contributed by atoms with Crippen LogP contribution in [0, 0.1) is 11.3 Å². The molecule has 0 saturated carbocycles. The molecule has 1 unspecified atom stereocenters. The van der Waals surface area contributed by atoms with Gasteiger partial charge in [-0.15, -0.1) is 0 Å². The van der Waals surface area contributed by atoms with Crippen LogP contribution in [0.5, 0.6) is 0 Å². The standard InChI is InChI=1S/C20H27N3O2/c1-15(2)23-14-20(25-16(3)19(23)24)7-9-22(10-8-20)13-18-6-4-5-17(11-18)12-21/h4-6,11,15-16H,7-10,13-14H2,1-3H3. The van der Waals surface area contributed by atoms with Crippen molar-refractivity contribution in [1.29, 1.82) is 5.26 Å². The van der Waals surface area contributed by atoms with Crippen LogP contribution in [0.1, 0.15) is 44.7 Å². The molecule has 3 rings (SSSR count). The van der Waals surface area contributed by atoms with Gasteiger partial charge in [-0.1, -0.05) is 12.1 Å². The molecule has 1 spiro atoms. The van der Waals surface area contributed by atoms with Gasteiger partial charge >= 0.3 is 0 Å². The summed E-state index contributed by atoms with van der Waals surface area (Å²) in [6.45, 7) is 9.47. The van der Waals surface area contributed by atoms with Crippen molar-refractivity contribution in [3.05, 3.63) is 35.4 Å². The molecule has 1 aromatic carbocycles. The van der Waals surface area contributed by atoms with Gasteiger partial charge in [0.05, 0.1) is 23.8 Å². The molecule has 0 bridgehead atoms. The minimum atomic E-state index is -0.352. The molecular formula is C20H27N3O2. The van der Waals surface area contributed by atoms with Gasteiger partial charge in [-0.3, -0.25) is 9.69 Å². The summed E-state index contributed by atoms with van der Waals surface area (Å²) < 4.78 is 6.18. The van der Waals surface area contributed by atoms with Gasteiger partial charge in [0.2, 0.25) is 0 Å². The summed E-state index contributed by atoms with van der Waals surface area (Å²) in [6.07, 6.45) is 1.52. The van der Waals surface area contributed by atoms with E-state index in [9.17, 15) is 4.79 Å². The van der Waals surface area contributed by atoms with Crippen LogP contribution in [-0.2, 0) is 16.1 Å². The third-order valence-electron chi connectivity index (χ3n) is 5.37. The number of piperidine rings is 1. The second kappa shape index (κ2) is 7.15. The third-order valence-corrected chi connectivity index (χ3v) is 5.37. The van der Waals surface area contributed by atoms with E-state index in [1.807, 2.05) is 30.0 Å². The molecule has 2 heterocycles. The SMILES string of the molecule is CC1OC2(CCN(Cc3cccc(C#N)c3)CC2)CN(C(C)C)C1=O. The molecule has 2 aliphatic rings. The molecule has 25 heavy (non-hydrogen) atoms. The maximum absolute atomic E-state index is 12.3. The van der Waals surface area contributed by atoms with Gasteiger partial charge in [-0.25, -0.2) is 0 Å².